The molecule has 0 spiro atoms. The molecular formula is C25H24N4O4S. The first-order valence-electron chi connectivity index (χ1n) is 10.6. The summed E-state index contributed by atoms with van der Waals surface area (Å²) < 4.78 is 28.2. The van der Waals surface area contributed by atoms with Crippen LogP contribution in [0.15, 0.2) is 76.4 Å². The molecule has 4 rings (SSSR count). The lowest BCUT2D eigenvalue weighted by atomic mass is 10.2. The van der Waals surface area contributed by atoms with Crippen molar-refractivity contribution in [3.63, 3.8) is 0 Å². The van der Waals surface area contributed by atoms with Crippen LogP contribution in [0.3, 0.4) is 0 Å². The average molecular weight is 477 g/mol. The zero-order chi connectivity index (χ0) is 24.5. The minimum atomic E-state index is -3.77. The quantitative estimate of drug-likeness (QED) is 0.441. The highest BCUT2D eigenvalue weighted by Gasteiger charge is 2.18. The van der Waals surface area contributed by atoms with Crippen LogP contribution < -0.4 is 10.3 Å². The van der Waals surface area contributed by atoms with E-state index in [4.69, 9.17) is 0 Å². The van der Waals surface area contributed by atoms with E-state index in [0.717, 1.165) is 5.56 Å². The predicted octanol–water partition coefficient (Wildman–Crippen LogP) is 3.61. The Labute approximate surface area is 197 Å². The number of sulfonamides is 1. The van der Waals surface area contributed by atoms with Crippen LogP contribution in [0.4, 0.5) is 5.69 Å². The van der Waals surface area contributed by atoms with Crippen molar-refractivity contribution in [2.24, 2.45) is 0 Å². The maximum atomic E-state index is 12.9. The molecule has 0 unspecified atom stereocenters. The summed E-state index contributed by atoms with van der Waals surface area (Å²) in [5.74, 6) is 0.0807. The van der Waals surface area contributed by atoms with Crippen molar-refractivity contribution in [2.45, 2.75) is 25.3 Å². The zero-order valence-corrected chi connectivity index (χ0v) is 19.8. The lowest BCUT2D eigenvalue weighted by Gasteiger charge is -2.17. The smallest absolute Gasteiger partial charge is 0.262 e. The Bertz CT molecular complexity index is 1540. The van der Waals surface area contributed by atoms with Crippen molar-refractivity contribution in [3.8, 4) is 0 Å². The van der Waals surface area contributed by atoms with Crippen LogP contribution in [0.2, 0.25) is 0 Å². The Morgan fingerprint density at radius 1 is 1.03 bits per heavy atom. The van der Waals surface area contributed by atoms with E-state index < -0.39 is 10.0 Å². The lowest BCUT2D eigenvalue weighted by molar-refractivity contribution is 0.0781. The molecule has 2 N–H and O–H groups in total. The summed E-state index contributed by atoms with van der Waals surface area (Å²) >= 11 is 0. The van der Waals surface area contributed by atoms with Gasteiger partial charge in [0.15, 0.2) is 0 Å². The number of carbonyl (C=O) groups is 1. The Morgan fingerprint density at radius 3 is 2.47 bits per heavy atom. The first-order chi connectivity index (χ1) is 16.1. The second-order valence-corrected chi connectivity index (χ2v) is 9.79. The van der Waals surface area contributed by atoms with Gasteiger partial charge in [-0.25, -0.2) is 13.4 Å². The molecule has 1 amide bonds. The Kier molecular flexibility index (Phi) is 6.21. The molecule has 0 radical (unpaired) electrons. The van der Waals surface area contributed by atoms with Gasteiger partial charge in [-0.3, -0.25) is 14.3 Å². The summed E-state index contributed by atoms with van der Waals surface area (Å²) in [5, 5.41) is 0.485. The third kappa shape index (κ3) is 4.84. The summed E-state index contributed by atoms with van der Waals surface area (Å²) in [7, 11) is -2.16. The van der Waals surface area contributed by atoms with Gasteiger partial charge in [0, 0.05) is 18.3 Å². The first-order valence-corrected chi connectivity index (χ1v) is 12.1. The standard InChI is InChI=1S/C25H24N4O4S/c1-16-8-9-17(2)22(14-16)34(32,33)28-19-12-10-18(11-13-19)25(31)29(3)15-23-26-21-7-5-4-6-20(21)24(30)27-23/h4-14,28H,15H2,1-3H3,(H,26,27,30). The average Bonchev–Trinajstić information content (AvgIpc) is 2.80. The van der Waals surface area contributed by atoms with E-state index in [2.05, 4.69) is 14.7 Å². The van der Waals surface area contributed by atoms with E-state index in [0.29, 0.717) is 33.5 Å². The fourth-order valence-corrected chi connectivity index (χ4v) is 5.00. The minimum absolute atomic E-state index is 0.111. The molecule has 0 aliphatic rings. The number of H-pyrrole nitrogens is 1. The van der Waals surface area contributed by atoms with E-state index >= 15 is 0 Å². The third-order valence-corrected chi connectivity index (χ3v) is 6.94. The van der Waals surface area contributed by atoms with Crippen LogP contribution >= 0.6 is 0 Å². The predicted molar refractivity (Wildman–Crippen MR) is 131 cm³/mol. The highest BCUT2D eigenvalue weighted by Crippen LogP contribution is 2.21. The molecule has 174 valence electrons. The molecule has 8 nitrogen and oxygen atoms in total. The first kappa shape index (κ1) is 23.2. The second-order valence-electron chi connectivity index (χ2n) is 8.14. The van der Waals surface area contributed by atoms with Gasteiger partial charge < -0.3 is 9.88 Å². The van der Waals surface area contributed by atoms with Crippen molar-refractivity contribution < 1.29 is 13.2 Å². The highest BCUT2D eigenvalue weighted by molar-refractivity contribution is 7.92. The number of aromatic nitrogens is 2. The summed E-state index contributed by atoms with van der Waals surface area (Å²) in [6, 6.07) is 18.4. The van der Waals surface area contributed by atoms with Gasteiger partial charge in [-0.2, -0.15) is 0 Å². The number of para-hydroxylation sites is 1. The molecular weight excluding hydrogens is 452 g/mol. The lowest BCUT2D eigenvalue weighted by Crippen LogP contribution is -2.28. The number of amides is 1. The van der Waals surface area contributed by atoms with E-state index in [9.17, 15) is 18.0 Å². The van der Waals surface area contributed by atoms with Gasteiger partial charge in [0.05, 0.1) is 22.3 Å². The molecule has 0 saturated carbocycles. The molecule has 34 heavy (non-hydrogen) atoms. The summed E-state index contributed by atoms with van der Waals surface area (Å²) in [6.07, 6.45) is 0. The van der Waals surface area contributed by atoms with Crippen molar-refractivity contribution >= 4 is 32.5 Å². The number of carbonyl (C=O) groups excluding carboxylic acids is 1. The summed E-state index contributed by atoms with van der Waals surface area (Å²) in [5.41, 5.74) is 2.51. The number of hydrogen-bond acceptors (Lipinski definition) is 5. The normalized spacial score (nSPS) is 11.4. The maximum Gasteiger partial charge on any atom is 0.262 e. The number of anilines is 1. The topological polar surface area (TPSA) is 112 Å². The van der Waals surface area contributed by atoms with Gasteiger partial charge in [0.1, 0.15) is 5.82 Å². The largest absolute Gasteiger partial charge is 0.334 e. The minimum Gasteiger partial charge on any atom is -0.334 e. The van der Waals surface area contributed by atoms with Crippen LogP contribution in [0.1, 0.15) is 27.3 Å². The fraction of sp³-hybridized carbons (Fsp3) is 0.160. The third-order valence-electron chi connectivity index (χ3n) is 5.41. The Balaban J connectivity index is 1.48. The van der Waals surface area contributed by atoms with Crippen LogP contribution in [0.5, 0.6) is 0 Å². The van der Waals surface area contributed by atoms with E-state index in [1.807, 2.05) is 13.0 Å². The number of hydrogen-bond donors (Lipinski definition) is 2. The molecule has 0 bridgehead atoms. The molecule has 4 aromatic rings. The molecule has 0 aliphatic carbocycles. The molecule has 3 aromatic carbocycles. The van der Waals surface area contributed by atoms with Gasteiger partial charge >= 0.3 is 0 Å². The van der Waals surface area contributed by atoms with Crippen molar-refractivity contribution in [3.05, 3.63) is 99.6 Å². The summed E-state index contributed by atoms with van der Waals surface area (Å²) in [6.45, 7) is 3.68. The van der Waals surface area contributed by atoms with Crippen molar-refractivity contribution in [2.75, 3.05) is 11.8 Å². The van der Waals surface area contributed by atoms with E-state index in [1.54, 1.807) is 74.6 Å². The monoisotopic (exact) mass is 476 g/mol. The van der Waals surface area contributed by atoms with E-state index in [-0.39, 0.29) is 22.9 Å². The van der Waals surface area contributed by atoms with E-state index in [1.165, 1.54) is 4.90 Å². The molecule has 1 aromatic heterocycles. The van der Waals surface area contributed by atoms with Gasteiger partial charge in [-0.1, -0.05) is 24.3 Å². The van der Waals surface area contributed by atoms with Gasteiger partial charge in [0.25, 0.3) is 21.5 Å². The Morgan fingerprint density at radius 2 is 1.74 bits per heavy atom. The second kappa shape index (κ2) is 9.11. The molecule has 0 saturated heterocycles. The van der Waals surface area contributed by atoms with Crippen molar-refractivity contribution in [1.82, 2.24) is 14.9 Å². The zero-order valence-electron chi connectivity index (χ0n) is 19.0. The molecule has 9 heteroatoms. The Hall–Kier alpha value is -3.98. The van der Waals surface area contributed by atoms with Gasteiger partial charge in [-0.05, 0) is 67.4 Å². The molecule has 0 fully saturated rings. The summed E-state index contributed by atoms with van der Waals surface area (Å²) in [4.78, 5) is 33.9. The van der Waals surface area contributed by atoms with Crippen LogP contribution in [-0.2, 0) is 16.6 Å². The van der Waals surface area contributed by atoms with Crippen LogP contribution in [-0.4, -0.2) is 36.2 Å². The molecule has 1 heterocycles. The van der Waals surface area contributed by atoms with Crippen LogP contribution in [0.25, 0.3) is 10.9 Å². The molecule has 0 atom stereocenters. The van der Waals surface area contributed by atoms with Gasteiger partial charge in [-0.15, -0.1) is 0 Å². The van der Waals surface area contributed by atoms with Crippen molar-refractivity contribution in [1.29, 1.82) is 0 Å². The molecule has 0 aliphatic heterocycles. The SMILES string of the molecule is Cc1ccc(C)c(S(=O)(=O)Nc2ccc(C(=O)N(C)Cc3nc4ccccc4c(=O)[nH]3)cc2)c1. The maximum absolute atomic E-state index is 12.9. The number of fused-ring (bicyclic) bond motifs is 1. The number of nitrogens with one attached hydrogen (secondary N) is 2. The highest BCUT2D eigenvalue weighted by atomic mass is 32.2. The number of nitrogens with zero attached hydrogens (tertiary/aromatic N) is 2. The van der Waals surface area contributed by atoms with Gasteiger partial charge in [0.2, 0.25) is 0 Å². The fourth-order valence-electron chi connectivity index (χ4n) is 3.61. The number of aromatic amines is 1. The number of aryl methyl sites for hydroxylation is 2. The van der Waals surface area contributed by atoms with Crippen LogP contribution in [0, 0.1) is 13.8 Å². The number of benzene rings is 3. The number of rotatable bonds is 6.